The molecule has 0 saturated heterocycles. The summed E-state index contributed by atoms with van der Waals surface area (Å²) < 4.78 is 44.6. The van der Waals surface area contributed by atoms with E-state index < -0.39 is 10.0 Å². The lowest BCUT2D eigenvalue weighted by Crippen LogP contribution is -2.33. The van der Waals surface area contributed by atoms with Gasteiger partial charge in [-0.1, -0.05) is 6.07 Å². The lowest BCUT2D eigenvalue weighted by molar-refractivity contribution is 0.0845. The fourth-order valence-electron chi connectivity index (χ4n) is 3.50. The molecule has 0 unspecified atom stereocenters. The number of fused-ring (bicyclic) bond motifs is 2. The lowest BCUT2D eigenvalue weighted by Gasteiger charge is -2.32. The number of ether oxygens (including phenoxy) is 3. The summed E-state index contributed by atoms with van der Waals surface area (Å²) in [7, 11) is -2.03. The second-order valence-electron chi connectivity index (χ2n) is 7.87. The van der Waals surface area contributed by atoms with Crippen molar-refractivity contribution in [3.8, 4) is 17.2 Å². The predicted molar refractivity (Wildman–Crippen MR) is 106 cm³/mol. The average Bonchev–Trinajstić information content (AvgIpc) is 2.66. The van der Waals surface area contributed by atoms with Gasteiger partial charge in [-0.3, -0.25) is 0 Å². The van der Waals surface area contributed by atoms with Crippen molar-refractivity contribution in [1.82, 2.24) is 4.31 Å². The van der Waals surface area contributed by atoms with E-state index in [1.807, 2.05) is 32.0 Å². The molecule has 0 spiro atoms. The zero-order valence-corrected chi connectivity index (χ0v) is 17.2. The average molecular weight is 404 g/mol. The molecule has 6 nitrogen and oxygen atoms in total. The standard InChI is InChI=1S/C21H25NO5S/c1-21(2)9-8-16-13-17(5-7-18(16)27-21)28(23,24)22(3)14-15-4-6-19-20(12-15)26-11-10-25-19/h4-7,12-13H,8-11,14H2,1-3H3. The summed E-state index contributed by atoms with van der Waals surface area (Å²) >= 11 is 0. The van der Waals surface area contributed by atoms with Crippen molar-refractivity contribution in [1.29, 1.82) is 0 Å². The largest absolute Gasteiger partial charge is 0.488 e. The molecule has 2 aliphatic rings. The SMILES string of the molecule is CN(Cc1ccc2c(c1)OCCO2)S(=O)(=O)c1ccc2c(c1)CCC(C)(C)O2. The molecular formula is C21H25NO5S. The van der Waals surface area contributed by atoms with E-state index in [1.165, 1.54) is 4.31 Å². The lowest BCUT2D eigenvalue weighted by atomic mass is 9.94. The van der Waals surface area contributed by atoms with Crippen molar-refractivity contribution in [3.63, 3.8) is 0 Å². The first-order valence-electron chi connectivity index (χ1n) is 9.41. The molecule has 28 heavy (non-hydrogen) atoms. The molecule has 2 aromatic carbocycles. The summed E-state index contributed by atoms with van der Waals surface area (Å²) in [5.41, 5.74) is 1.56. The molecule has 0 amide bonds. The van der Waals surface area contributed by atoms with Crippen molar-refractivity contribution in [2.24, 2.45) is 0 Å². The van der Waals surface area contributed by atoms with Crippen LogP contribution in [0, 0.1) is 0 Å². The molecule has 0 aliphatic carbocycles. The molecule has 0 radical (unpaired) electrons. The molecule has 2 aromatic rings. The maximum Gasteiger partial charge on any atom is 0.243 e. The minimum absolute atomic E-state index is 0.220. The Balaban J connectivity index is 1.55. The predicted octanol–water partition coefficient (Wildman–Crippen LogP) is 3.38. The van der Waals surface area contributed by atoms with Crippen molar-refractivity contribution in [2.75, 3.05) is 20.3 Å². The van der Waals surface area contributed by atoms with Gasteiger partial charge in [-0.25, -0.2) is 8.42 Å². The van der Waals surface area contributed by atoms with Gasteiger partial charge in [0.1, 0.15) is 24.6 Å². The van der Waals surface area contributed by atoms with Gasteiger partial charge in [-0.15, -0.1) is 0 Å². The van der Waals surface area contributed by atoms with Crippen LogP contribution in [0.25, 0.3) is 0 Å². The highest BCUT2D eigenvalue weighted by Crippen LogP contribution is 2.35. The molecule has 2 heterocycles. The zero-order valence-electron chi connectivity index (χ0n) is 16.4. The van der Waals surface area contributed by atoms with Gasteiger partial charge in [0, 0.05) is 13.6 Å². The first kappa shape index (κ1) is 19.1. The number of aryl methyl sites for hydroxylation is 1. The summed E-state index contributed by atoms with van der Waals surface area (Å²) in [4.78, 5) is 0.287. The van der Waals surface area contributed by atoms with Crippen molar-refractivity contribution < 1.29 is 22.6 Å². The van der Waals surface area contributed by atoms with Gasteiger partial charge in [-0.2, -0.15) is 4.31 Å². The van der Waals surface area contributed by atoms with E-state index in [0.29, 0.717) is 24.7 Å². The van der Waals surface area contributed by atoms with E-state index in [2.05, 4.69) is 0 Å². The minimum atomic E-state index is -3.61. The van der Waals surface area contributed by atoms with Crippen LogP contribution >= 0.6 is 0 Å². The van der Waals surface area contributed by atoms with Gasteiger partial charge >= 0.3 is 0 Å². The number of hydrogen-bond acceptors (Lipinski definition) is 5. The highest BCUT2D eigenvalue weighted by molar-refractivity contribution is 7.89. The summed E-state index contributed by atoms with van der Waals surface area (Å²) in [6, 6.07) is 10.6. The smallest absolute Gasteiger partial charge is 0.243 e. The molecular weight excluding hydrogens is 378 g/mol. The van der Waals surface area contributed by atoms with Crippen molar-refractivity contribution in [3.05, 3.63) is 47.5 Å². The van der Waals surface area contributed by atoms with Crippen LogP contribution in [-0.4, -0.2) is 38.6 Å². The van der Waals surface area contributed by atoms with Gasteiger partial charge in [0.2, 0.25) is 10.0 Å². The Morgan fingerprint density at radius 2 is 1.71 bits per heavy atom. The zero-order chi connectivity index (χ0) is 19.9. The first-order valence-corrected chi connectivity index (χ1v) is 10.9. The Hall–Kier alpha value is -2.25. The summed E-state index contributed by atoms with van der Waals surface area (Å²) in [5.74, 6) is 2.12. The monoisotopic (exact) mass is 403 g/mol. The Morgan fingerprint density at radius 1 is 1.00 bits per heavy atom. The summed E-state index contributed by atoms with van der Waals surface area (Å²) in [6.07, 6.45) is 1.66. The second kappa shape index (κ2) is 6.97. The Bertz CT molecular complexity index is 1000. The maximum atomic E-state index is 13.1. The van der Waals surface area contributed by atoms with Gasteiger partial charge in [0.25, 0.3) is 0 Å². The van der Waals surface area contributed by atoms with Gasteiger partial charge in [0.05, 0.1) is 4.90 Å². The maximum absolute atomic E-state index is 13.1. The summed E-state index contributed by atoms with van der Waals surface area (Å²) in [6.45, 7) is 5.36. The van der Waals surface area contributed by atoms with Crippen LogP contribution in [0.1, 0.15) is 31.4 Å². The third-order valence-corrected chi connectivity index (χ3v) is 6.93. The normalized spacial score (nSPS) is 17.7. The third-order valence-electron chi connectivity index (χ3n) is 5.13. The Labute approximate surface area is 166 Å². The van der Waals surface area contributed by atoms with Crippen molar-refractivity contribution in [2.45, 2.75) is 43.7 Å². The van der Waals surface area contributed by atoms with Crippen LogP contribution in [0.3, 0.4) is 0 Å². The van der Waals surface area contributed by atoms with E-state index >= 15 is 0 Å². The fourth-order valence-corrected chi connectivity index (χ4v) is 4.71. The van der Waals surface area contributed by atoms with E-state index in [4.69, 9.17) is 14.2 Å². The van der Waals surface area contributed by atoms with E-state index in [0.717, 1.165) is 29.7 Å². The highest BCUT2D eigenvalue weighted by Gasteiger charge is 2.29. The fraction of sp³-hybridized carbons (Fsp3) is 0.429. The Morgan fingerprint density at radius 3 is 2.50 bits per heavy atom. The van der Waals surface area contributed by atoms with Gasteiger partial charge in [0.15, 0.2) is 11.5 Å². The molecule has 2 aliphatic heterocycles. The molecule has 150 valence electrons. The van der Waals surface area contributed by atoms with E-state index in [1.54, 1.807) is 25.2 Å². The van der Waals surface area contributed by atoms with Gasteiger partial charge in [-0.05, 0) is 68.1 Å². The van der Waals surface area contributed by atoms with Crippen LogP contribution in [0.4, 0.5) is 0 Å². The number of rotatable bonds is 4. The van der Waals surface area contributed by atoms with Crippen LogP contribution < -0.4 is 14.2 Å². The van der Waals surface area contributed by atoms with Crippen LogP contribution in [0.5, 0.6) is 17.2 Å². The topological polar surface area (TPSA) is 65.1 Å². The second-order valence-corrected chi connectivity index (χ2v) is 9.92. The van der Waals surface area contributed by atoms with Crippen LogP contribution in [0.2, 0.25) is 0 Å². The molecule has 0 bridgehead atoms. The van der Waals surface area contributed by atoms with Gasteiger partial charge < -0.3 is 14.2 Å². The first-order chi connectivity index (χ1) is 13.2. The quantitative estimate of drug-likeness (QED) is 0.783. The minimum Gasteiger partial charge on any atom is -0.488 e. The number of nitrogens with zero attached hydrogens (tertiary/aromatic N) is 1. The molecule has 0 atom stereocenters. The van der Waals surface area contributed by atoms with E-state index in [9.17, 15) is 8.42 Å². The molecule has 0 aromatic heterocycles. The highest BCUT2D eigenvalue weighted by atomic mass is 32.2. The van der Waals surface area contributed by atoms with E-state index in [-0.39, 0.29) is 17.0 Å². The van der Waals surface area contributed by atoms with Crippen molar-refractivity contribution >= 4 is 10.0 Å². The summed E-state index contributed by atoms with van der Waals surface area (Å²) in [5, 5.41) is 0. The molecule has 0 N–H and O–H groups in total. The molecule has 0 saturated carbocycles. The third kappa shape index (κ3) is 3.69. The molecule has 4 rings (SSSR count). The molecule has 0 fully saturated rings. The molecule has 7 heteroatoms. The van der Waals surface area contributed by atoms with Crippen LogP contribution in [0.15, 0.2) is 41.3 Å². The van der Waals surface area contributed by atoms with Crippen LogP contribution in [-0.2, 0) is 23.0 Å². The number of sulfonamides is 1. The Kier molecular flexibility index (Phi) is 4.75. The number of benzene rings is 2. The number of hydrogen-bond donors (Lipinski definition) is 0.